The van der Waals surface area contributed by atoms with E-state index in [4.69, 9.17) is 14.6 Å². The van der Waals surface area contributed by atoms with Crippen LogP contribution in [0.5, 0.6) is 11.5 Å². The van der Waals surface area contributed by atoms with E-state index in [0.29, 0.717) is 25.3 Å². The second kappa shape index (κ2) is 7.49. The van der Waals surface area contributed by atoms with Crippen molar-refractivity contribution in [3.63, 3.8) is 0 Å². The van der Waals surface area contributed by atoms with Crippen molar-refractivity contribution in [3.05, 3.63) is 52.6 Å². The van der Waals surface area contributed by atoms with Crippen LogP contribution in [0.15, 0.2) is 35.2 Å². The summed E-state index contributed by atoms with van der Waals surface area (Å²) in [5, 5.41) is 5.33. The van der Waals surface area contributed by atoms with Gasteiger partial charge in [-0.25, -0.2) is 13.6 Å². The molecule has 1 spiro atoms. The number of carbonyl (C=O) groups is 1. The standard InChI is InChI=1S/C24H28N2O5S/c1-15-5-6-17(32(25,28)29)11-18(15)23(27)26-14-24(7-3-4-8-24)20-13-22-21(30-9-10-31-22)12-19(20)16(26)2/h5-6,11-13,16H,3-4,7-10,14H2,1-2H3,(H2,25,28,29)/t16-/m0/s1. The molecule has 1 atom stereocenters. The SMILES string of the molecule is Cc1ccc(S(N)(=O)=O)cc1C(=O)N1CC2(CCCC2)c2cc3c(cc2[C@@H]1C)OCCO3. The van der Waals surface area contributed by atoms with Crippen LogP contribution in [0.1, 0.15) is 65.7 Å². The Hall–Kier alpha value is -2.58. The van der Waals surface area contributed by atoms with Gasteiger partial charge in [-0.2, -0.15) is 0 Å². The van der Waals surface area contributed by atoms with Gasteiger partial charge in [0.25, 0.3) is 5.91 Å². The third kappa shape index (κ3) is 3.36. The number of aryl methyl sites for hydroxylation is 1. The average molecular weight is 457 g/mol. The van der Waals surface area contributed by atoms with Crippen molar-refractivity contribution in [1.29, 1.82) is 0 Å². The Morgan fingerprint density at radius 2 is 1.75 bits per heavy atom. The molecule has 2 heterocycles. The predicted molar refractivity (Wildman–Crippen MR) is 120 cm³/mol. The number of nitrogens with two attached hydrogens (primary N) is 1. The van der Waals surface area contributed by atoms with E-state index in [-0.39, 0.29) is 22.3 Å². The molecule has 2 aromatic rings. The van der Waals surface area contributed by atoms with Crippen LogP contribution in [-0.4, -0.2) is 39.0 Å². The summed E-state index contributed by atoms with van der Waals surface area (Å²) in [6, 6.07) is 8.46. The van der Waals surface area contributed by atoms with Gasteiger partial charge >= 0.3 is 0 Å². The van der Waals surface area contributed by atoms with Crippen molar-refractivity contribution >= 4 is 15.9 Å². The van der Waals surface area contributed by atoms with Crippen LogP contribution in [0.4, 0.5) is 0 Å². The average Bonchev–Trinajstić information content (AvgIpc) is 3.24. The Labute approximate surface area is 188 Å². The highest BCUT2D eigenvalue weighted by atomic mass is 32.2. The monoisotopic (exact) mass is 456 g/mol. The fourth-order valence-corrected chi connectivity index (χ4v) is 6.06. The molecule has 8 heteroatoms. The largest absolute Gasteiger partial charge is 0.486 e. The van der Waals surface area contributed by atoms with Crippen molar-refractivity contribution < 1.29 is 22.7 Å². The molecular weight excluding hydrogens is 428 g/mol. The van der Waals surface area contributed by atoms with Crippen LogP contribution >= 0.6 is 0 Å². The Kier molecular flexibility index (Phi) is 4.98. The highest BCUT2D eigenvalue weighted by Gasteiger charge is 2.46. The summed E-state index contributed by atoms with van der Waals surface area (Å²) < 4.78 is 35.5. The number of hydrogen-bond acceptors (Lipinski definition) is 5. The summed E-state index contributed by atoms with van der Waals surface area (Å²) in [7, 11) is -3.90. The van der Waals surface area contributed by atoms with Gasteiger partial charge in [0.05, 0.1) is 10.9 Å². The first-order valence-corrected chi connectivity index (χ1v) is 12.6. The van der Waals surface area contributed by atoms with Gasteiger partial charge in [0.1, 0.15) is 13.2 Å². The summed E-state index contributed by atoms with van der Waals surface area (Å²) in [6.45, 7) is 5.48. The third-order valence-electron chi connectivity index (χ3n) is 7.27. The van der Waals surface area contributed by atoms with Crippen LogP contribution < -0.4 is 14.6 Å². The molecule has 170 valence electrons. The Balaban J connectivity index is 1.61. The summed E-state index contributed by atoms with van der Waals surface area (Å²) >= 11 is 0. The van der Waals surface area contributed by atoms with Crippen molar-refractivity contribution in [2.24, 2.45) is 5.14 Å². The van der Waals surface area contributed by atoms with E-state index in [9.17, 15) is 13.2 Å². The second-order valence-corrected chi connectivity index (χ2v) is 10.8. The summed E-state index contributed by atoms with van der Waals surface area (Å²) in [6.07, 6.45) is 4.24. The molecule has 32 heavy (non-hydrogen) atoms. The quantitative estimate of drug-likeness (QED) is 0.746. The first-order chi connectivity index (χ1) is 15.2. The molecule has 0 unspecified atom stereocenters. The van der Waals surface area contributed by atoms with Gasteiger partial charge in [0, 0.05) is 17.5 Å². The number of primary sulfonamides is 1. The maximum Gasteiger partial charge on any atom is 0.254 e. The number of amides is 1. The summed E-state index contributed by atoms with van der Waals surface area (Å²) in [5.74, 6) is 1.33. The van der Waals surface area contributed by atoms with Gasteiger partial charge in [-0.15, -0.1) is 0 Å². The lowest BCUT2D eigenvalue weighted by Gasteiger charge is -2.46. The Morgan fingerprint density at radius 3 is 2.41 bits per heavy atom. The molecule has 0 bridgehead atoms. The summed E-state index contributed by atoms with van der Waals surface area (Å²) in [5.41, 5.74) is 3.31. The lowest BCUT2D eigenvalue weighted by Crippen LogP contribution is -2.48. The first-order valence-electron chi connectivity index (χ1n) is 11.1. The maximum absolute atomic E-state index is 13.8. The fourth-order valence-electron chi connectivity index (χ4n) is 5.52. The lowest BCUT2D eigenvalue weighted by atomic mass is 9.71. The zero-order valence-electron chi connectivity index (χ0n) is 18.4. The van der Waals surface area contributed by atoms with Gasteiger partial charge in [-0.1, -0.05) is 18.9 Å². The number of benzene rings is 2. The Morgan fingerprint density at radius 1 is 1.09 bits per heavy atom. The number of ether oxygens (including phenoxy) is 2. The van der Waals surface area contributed by atoms with E-state index in [0.717, 1.165) is 48.3 Å². The molecule has 2 aliphatic heterocycles. The second-order valence-electron chi connectivity index (χ2n) is 9.20. The molecule has 7 nitrogen and oxygen atoms in total. The van der Waals surface area contributed by atoms with E-state index in [1.807, 2.05) is 24.8 Å². The minimum Gasteiger partial charge on any atom is -0.486 e. The highest BCUT2D eigenvalue weighted by Crippen LogP contribution is 2.52. The number of fused-ring (bicyclic) bond motifs is 3. The van der Waals surface area contributed by atoms with Crippen molar-refractivity contribution in [2.45, 2.75) is 55.9 Å². The van der Waals surface area contributed by atoms with E-state index < -0.39 is 10.0 Å². The lowest BCUT2D eigenvalue weighted by molar-refractivity contribution is 0.0592. The zero-order valence-corrected chi connectivity index (χ0v) is 19.2. The van der Waals surface area contributed by atoms with Crippen molar-refractivity contribution in [1.82, 2.24) is 4.90 Å². The predicted octanol–water partition coefficient (Wildman–Crippen LogP) is 3.44. The molecule has 2 aromatic carbocycles. The van der Waals surface area contributed by atoms with E-state index in [1.54, 1.807) is 6.07 Å². The minimum absolute atomic E-state index is 0.0493. The molecule has 0 saturated heterocycles. The van der Waals surface area contributed by atoms with E-state index >= 15 is 0 Å². The van der Waals surface area contributed by atoms with Crippen molar-refractivity contribution in [3.8, 4) is 11.5 Å². The summed E-state index contributed by atoms with van der Waals surface area (Å²) in [4.78, 5) is 15.6. The fraction of sp³-hybridized carbons (Fsp3) is 0.458. The Bertz CT molecular complexity index is 1200. The van der Waals surface area contributed by atoms with Crippen LogP contribution in [0.3, 0.4) is 0 Å². The van der Waals surface area contributed by atoms with Gasteiger partial charge in [0.2, 0.25) is 10.0 Å². The third-order valence-corrected chi connectivity index (χ3v) is 8.18. The topological polar surface area (TPSA) is 98.9 Å². The highest BCUT2D eigenvalue weighted by molar-refractivity contribution is 7.89. The van der Waals surface area contributed by atoms with E-state index in [1.165, 1.54) is 17.7 Å². The molecule has 5 rings (SSSR count). The minimum atomic E-state index is -3.90. The molecule has 1 fully saturated rings. The van der Waals surface area contributed by atoms with Gasteiger partial charge in [-0.05, 0) is 67.6 Å². The number of nitrogens with zero attached hydrogens (tertiary/aromatic N) is 1. The van der Waals surface area contributed by atoms with Gasteiger partial charge in [-0.3, -0.25) is 4.79 Å². The number of rotatable bonds is 2. The number of hydrogen-bond donors (Lipinski definition) is 1. The molecular formula is C24H28N2O5S. The molecule has 2 N–H and O–H groups in total. The zero-order chi connectivity index (χ0) is 22.7. The molecule has 1 aliphatic carbocycles. The van der Waals surface area contributed by atoms with E-state index in [2.05, 4.69) is 6.07 Å². The van der Waals surface area contributed by atoms with Crippen LogP contribution in [0.25, 0.3) is 0 Å². The smallest absolute Gasteiger partial charge is 0.254 e. The van der Waals surface area contributed by atoms with Crippen LogP contribution in [-0.2, 0) is 15.4 Å². The molecule has 0 aromatic heterocycles. The molecule has 1 amide bonds. The first kappa shape index (κ1) is 21.3. The number of carbonyl (C=O) groups excluding carboxylic acids is 1. The van der Waals surface area contributed by atoms with Crippen LogP contribution in [0, 0.1) is 6.92 Å². The van der Waals surface area contributed by atoms with Crippen molar-refractivity contribution in [2.75, 3.05) is 19.8 Å². The van der Waals surface area contributed by atoms with Crippen LogP contribution in [0.2, 0.25) is 0 Å². The van der Waals surface area contributed by atoms with Gasteiger partial charge in [0.15, 0.2) is 11.5 Å². The number of sulfonamides is 1. The maximum atomic E-state index is 13.8. The normalized spacial score (nSPS) is 21.5. The molecule has 1 saturated carbocycles. The van der Waals surface area contributed by atoms with Gasteiger partial charge < -0.3 is 14.4 Å². The molecule has 0 radical (unpaired) electrons. The molecule has 3 aliphatic rings.